The quantitative estimate of drug-likeness (QED) is 0.281. The highest BCUT2D eigenvalue weighted by atomic mass is 35.5. The van der Waals surface area contributed by atoms with Crippen LogP contribution in [0.3, 0.4) is 0 Å². The summed E-state index contributed by atoms with van der Waals surface area (Å²) in [5.41, 5.74) is 0.695. The van der Waals surface area contributed by atoms with E-state index in [2.05, 4.69) is 5.32 Å². The summed E-state index contributed by atoms with van der Waals surface area (Å²) < 4.78 is 28.6. The van der Waals surface area contributed by atoms with E-state index in [0.29, 0.717) is 15.6 Å². The van der Waals surface area contributed by atoms with E-state index in [1.54, 1.807) is 61.5 Å². The normalized spacial score (nSPS) is 12.2. The van der Waals surface area contributed by atoms with Crippen molar-refractivity contribution in [3.8, 4) is 0 Å². The molecule has 1 unspecified atom stereocenters. The number of amides is 2. The van der Waals surface area contributed by atoms with E-state index in [4.69, 9.17) is 34.8 Å². The third-order valence-corrected chi connectivity index (χ3v) is 8.58. The molecule has 3 aromatic rings. The Hall–Kier alpha value is -2.78. The number of carbonyl (C=O) groups excluding carboxylic acids is 2. The van der Waals surface area contributed by atoms with Gasteiger partial charge in [0.1, 0.15) is 12.6 Å². The first-order valence-corrected chi connectivity index (χ1v) is 14.9. The number of nitrogens with zero attached hydrogens (tertiary/aromatic N) is 2. The SMILES string of the molecule is CCC(C(=O)NC(C)C)N(Cc1ccc(Cl)cc1Cl)C(=O)CN(c1ccccc1Cl)S(=O)(=O)c1ccccc1. The summed E-state index contributed by atoms with van der Waals surface area (Å²) in [6, 6.07) is 17.9. The van der Waals surface area contributed by atoms with Crippen LogP contribution in [-0.4, -0.2) is 43.8 Å². The summed E-state index contributed by atoms with van der Waals surface area (Å²) in [6.07, 6.45) is 0.285. The molecule has 0 aliphatic carbocycles. The van der Waals surface area contributed by atoms with Gasteiger partial charge in [-0.3, -0.25) is 13.9 Å². The lowest BCUT2D eigenvalue weighted by atomic mass is 10.1. The molecule has 0 saturated heterocycles. The summed E-state index contributed by atoms with van der Waals surface area (Å²) in [7, 11) is -4.21. The molecule has 11 heteroatoms. The minimum Gasteiger partial charge on any atom is -0.352 e. The van der Waals surface area contributed by atoms with Crippen LogP contribution in [0.5, 0.6) is 0 Å². The Morgan fingerprint density at radius 2 is 1.54 bits per heavy atom. The van der Waals surface area contributed by atoms with Gasteiger partial charge in [-0.1, -0.05) is 78.1 Å². The van der Waals surface area contributed by atoms with Crippen molar-refractivity contribution < 1.29 is 18.0 Å². The molecule has 3 aromatic carbocycles. The van der Waals surface area contributed by atoms with E-state index in [1.807, 2.05) is 13.8 Å². The van der Waals surface area contributed by atoms with Crippen LogP contribution in [0, 0.1) is 0 Å². The van der Waals surface area contributed by atoms with Gasteiger partial charge in [-0.05, 0) is 62.2 Å². The molecule has 0 aliphatic rings. The number of sulfonamides is 1. The molecule has 0 aliphatic heterocycles. The van der Waals surface area contributed by atoms with Crippen molar-refractivity contribution in [3.63, 3.8) is 0 Å². The zero-order valence-corrected chi connectivity index (χ0v) is 24.9. The fourth-order valence-electron chi connectivity index (χ4n) is 4.02. The molecule has 0 saturated carbocycles. The Morgan fingerprint density at radius 1 is 0.897 bits per heavy atom. The fourth-order valence-corrected chi connectivity index (χ4v) is 6.23. The monoisotopic (exact) mass is 609 g/mol. The second-order valence-electron chi connectivity index (χ2n) is 9.12. The maximum Gasteiger partial charge on any atom is 0.264 e. The first-order valence-electron chi connectivity index (χ1n) is 12.3. The first-order chi connectivity index (χ1) is 18.4. The van der Waals surface area contributed by atoms with Crippen molar-refractivity contribution in [2.24, 2.45) is 0 Å². The molecular weight excluding hydrogens is 581 g/mol. The maximum atomic E-state index is 14.0. The molecule has 0 heterocycles. The van der Waals surface area contributed by atoms with Crippen molar-refractivity contribution in [1.29, 1.82) is 0 Å². The van der Waals surface area contributed by atoms with Crippen molar-refractivity contribution >= 4 is 62.3 Å². The number of rotatable bonds is 11. The summed E-state index contributed by atoms with van der Waals surface area (Å²) in [5, 5.41) is 3.74. The van der Waals surface area contributed by atoms with Gasteiger partial charge < -0.3 is 10.2 Å². The van der Waals surface area contributed by atoms with Crippen molar-refractivity contribution in [2.75, 3.05) is 10.8 Å². The van der Waals surface area contributed by atoms with Crippen LogP contribution in [0.15, 0.2) is 77.7 Å². The third-order valence-electron chi connectivity index (χ3n) is 5.90. The van der Waals surface area contributed by atoms with Gasteiger partial charge in [0.25, 0.3) is 10.0 Å². The summed E-state index contributed by atoms with van der Waals surface area (Å²) >= 11 is 18.9. The Labute approximate surface area is 244 Å². The lowest BCUT2D eigenvalue weighted by molar-refractivity contribution is -0.140. The van der Waals surface area contributed by atoms with Crippen LogP contribution in [0.2, 0.25) is 15.1 Å². The number of para-hydroxylation sites is 1. The van der Waals surface area contributed by atoms with Gasteiger partial charge in [-0.15, -0.1) is 0 Å². The Bertz CT molecular complexity index is 1420. The molecule has 1 atom stereocenters. The van der Waals surface area contributed by atoms with Gasteiger partial charge >= 0.3 is 0 Å². The number of hydrogen-bond acceptors (Lipinski definition) is 4. The lowest BCUT2D eigenvalue weighted by Crippen LogP contribution is -2.53. The molecule has 0 spiro atoms. The van der Waals surface area contributed by atoms with Gasteiger partial charge in [-0.25, -0.2) is 8.42 Å². The van der Waals surface area contributed by atoms with Gasteiger partial charge in [0.05, 0.1) is 15.6 Å². The molecule has 3 rings (SSSR count). The Kier molecular flexibility index (Phi) is 10.7. The van der Waals surface area contributed by atoms with E-state index < -0.39 is 28.5 Å². The molecule has 39 heavy (non-hydrogen) atoms. The van der Waals surface area contributed by atoms with Gasteiger partial charge in [-0.2, -0.15) is 0 Å². The average Bonchev–Trinajstić information content (AvgIpc) is 2.88. The van der Waals surface area contributed by atoms with Crippen molar-refractivity contribution in [1.82, 2.24) is 10.2 Å². The van der Waals surface area contributed by atoms with E-state index in [1.165, 1.54) is 23.1 Å². The number of halogens is 3. The standard InChI is InChI=1S/C28H30Cl3N3O4S/c1-4-25(28(36)32-19(2)3)33(17-20-14-15-21(29)16-24(20)31)27(35)18-34(26-13-9-8-12-23(26)30)39(37,38)22-10-6-5-7-11-22/h5-16,19,25H,4,17-18H2,1-3H3,(H,32,36). The average molecular weight is 611 g/mol. The minimum absolute atomic E-state index is 0.00499. The van der Waals surface area contributed by atoms with Crippen LogP contribution in [0.1, 0.15) is 32.8 Å². The molecule has 208 valence electrons. The number of anilines is 1. The topological polar surface area (TPSA) is 86.8 Å². The minimum atomic E-state index is -4.21. The van der Waals surface area contributed by atoms with Crippen molar-refractivity contribution in [2.45, 2.75) is 50.7 Å². The van der Waals surface area contributed by atoms with Gasteiger partial charge in [0.2, 0.25) is 11.8 Å². The highest BCUT2D eigenvalue weighted by Gasteiger charge is 2.34. The Balaban J connectivity index is 2.09. The smallest absolute Gasteiger partial charge is 0.264 e. The Morgan fingerprint density at radius 3 is 2.13 bits per heavy atom. The van der Waals surface area contributed by atoms with Gasteiger partial charge in [0, 0.05) is 22.6 Å². The third kappa shape index (κ3) is 7.66. The maximum absolute atomic E-state index is 14.0. The van der Waals surface area contributed by atoms with Crippen LogP contribution < -0.4 is 9.62 Å². The fraction of sp³-hybridized carbons (Fsp3) is 0.286. The largest absolute Gasteiger partial charge is 0.352 e. The number of benzene rings is 3. The number of carbonyl (C=O) groups is 2. The van der Waals surface area contributed by atoms with Crippen LogP contribution in [-0.2, 0) is 26.2 Å². The summed E-state index contributed by atoms with van der Waals surface area (Å²) in [5.74, 6) is -0.965. The molecule has 2 amide bonds. The highest BCUT2D eigenvalue weighted by Crippen LogP contribution is 2.31. The number of hydrogen-bond donors (Lipinski definition) is 1. The molecule has 0 aromatic heterocycles. The summed E-state index contributed by atoms with van der Waals surface area (Å²) in [6.45, 7) is 4.77. The van der Waals surface area contributed by atoms with E-state index in [9.17, 15) is 18.0 Å². The van der Waals surface area contributed by atoms with E-state index in [-0.39, 0.29) is 40.5 Å². The van der Waals surface area contributed by atoms with Crippen LogP contribution >= 0.6 is 34.8 Å². The van der Waals surface area contributed by atoms with Crippen molar-refractivity contribution in [3.05, 3.63) is 93.4 Å². The second-order valence-corrected chi connectivity index (χ2v) is 12.2. The van der Waals surface area contributed by atoms with Gasteiger partial charge in [0.15, 0.2) is 0 Å². The molecule has 0 bridgehead atoms. The predicted octanol–water partition coefficient (Wildman–Crippen LogP) is 6.17. The number of nitrogens with one attached hydrogen (secondary N) is 1. The van der Waals surface area contributed by atoms with Crippen LogP contribution in [0.4, 0.5) is 5.69 Å². The highest BCUT2D eigenvalue weighted by molar-refractivity contribution is 7.92. The lowest BCUT2D eigenvalue weighted by Gasteiger charge is -2.34. The second kappa shape index (κ2) is 13.5. The summed E-state index contributed by atoms with van der Waals surface area (Å²) in [4.78, 5) is 28.5. The first kappa shape index (κ1) is 30.8. The molecule has 7 nitrogen and oxygen atoms in total. The molecule has 0 radical (unpaired) electrons. The molecule has 1 N–H and O–H groups in total. The zero-order valence-electron chi connectivity index (χ0n) is 21.8. The van der Waals surface area contributed by atoms with E-state index in [0.717, 1.165) is 4.31 Å². The predicted molar refractivity (Wildman–Crippen MR) is 157 cm³/mol. The zero-order chi connectivity index (χ0) is 28.7. The molecular formula is C28H30Cl3N3O4S. The van der Waals surface area contributed by atoms with Crippen LogP contribution in [0.25, 0.3) is 0 Å². The van der Waals surface area contributed by atoms with E-state index >= 15 is 0 Å². The molecule has 0 fully saturated rings.